The lowest BCUT2D eigenvalue weighted by Crippen LogP contribution is -2.26. The second kappa shape index (κ2) is 6.62. The highest BCUT2D eigenvalue weighted by Crippen LogP contribution is 2.42. The number of hydrogen-bond acceptors (Lipinski definition) is 5. The Morgan fingerprint density at radius 1 is 0.958 bits per heavy atom. The summed E-state index contributed by atoms with van der Waals surface area (Å²) >= 11 is 1.00. The number of rotatable bonds is 2. The van der Waals surface area contributed by atoms with Gasteiger partial charge >= 0.3 is 0 Å². The zero-order valence-corrected chi connectivity index (χ0v) is 13.5. The van der Waals surface area contributed by atoms with E-state index < -0.39 is 11.8 Å². The number of thioether (sulfide) groups is 1. The Kier molecular flexibility index (Phi) is 4.37. The summed E-state index contributed by atoms with van der Waals surface area (Å²) in [6.07, 6.45) is 0. The van der Waals surface area contributed by atoms with E-state index in [1.807, 2.05) is 54.6 Å². The van der Waals surface area contributed by atoms with Crippen molar-refractivity contribution in [3.05, 3.63) is 70.8 Å². The standard InChI is InChI=1S/C19H14N4S/c20-10-15-17(16(11-21)19(23)24-18(15)22)14-8-6-13(7-9-14)12-4-2-1-3-5-12/h1-9,15,17,22H,23H2/t15-,17+/m1/s1. The summed E-state index contributed by atoms with van der Waals surface area (Å²) in [5, 5.41) is 27.4. The Hall–Kier alpha value is -3.02. The molecule has 0 saturated carbocycles. The summed E-state index contributed by atoms with van der Waals surface area (Å²) in [4.78, 5) is 0. The van der Waals surface area contributed by atoms with Gasteiger partial charge in [-0.2, -0.15) is 10.5 Å². The molecule has 0 bridgehead atoms. The minimum absolute atomic E-state index is 0.186. The predicted octanol–water partition coefficient (Wildman–Crippen LogP) is 3.99. The monoisotopic (exact) mass is 330 g/mol. The summed E-state index contributed by atoms with van der Waals surface area (Å²) in [5.74, 6) is -1.17. The number of hydrogen-bond donors (Lipinski definition) is 2. The molecule has 2 aromatic rings. The van der Waals surface area contributed by atoms with Crippen molar-refractivity contribution >= 4 is 16.8 Å². The van der Waals surface area contributed by atoms with Crippen molar-refractivity contribution in [2.75, 3.05) is 0 Å². The van der Waals surface area contributed by atoms with Gasteiger partial charge in [0.1, 0.15) is 5.92 Å². The van der Waals surface area contributed by atoms with Gasteiger partial charge in [0.15, 0.2) is 0 Å². The van der Waals surface area contributed by atoms with E-state index in [4.69, 9.17) is 11.1 Å². The van der Waals surface area contributed by atoms with Crippen LogP contribution in [0.1, 0.15) is 11.5 Å². The zero-order valence-electron chi connectivity index (χ0n) is 12.7. The summed E-state index contributed by atoms with van der Waals surface area (Å²) in [5.41, 5.74) is 9.27. The van der Waals surface area contributed by atoms with Crippen LogP contribution in [0.4, 0.5) is 0 Å². The summed E-state index contributed by atoms with van der Waals surface area (Å²) < 4.78 is 0. The molecule has 0 radical (unpaired) electrons. The highest BCUT2D eigenvalue weighted by molar-refractivity contribution is 8.17. The highest BCUT2D eigenvalue weighted by Gasteiger charge is 2.36. The molecule has 1 heterocycles. The van der Waals surface area contributed by atoms with E-state index in [9.17, 15) is 10.5 Å². The quantitative estimate of drug-likeness (QED) is 0.869. The van der Waals surface area contributed by atoms with Crippen LogP contribution in [0.5, 0.6) is 0 Å². The van der Waals surface area contributed by atoms with E-state index >= 15 is 0 Å². The molecular weight excluding hydrogens is 316 g/mol. The molecule has 2 atom stereocenters. The van der Waals surface area contributed by atoms with E-state index in [2.05, 4.69) is 12.1 Å². The molecule has 0 aliphatic carbocycles. The number of nitrogens with one attached hydrogen (secondary N) is 1. The fourth-order valence-electron chi connectivity index (χ4n) is 2.84. The molecule has 0 unspecified atom stereocenters. The molecular formula is C19H14N4S. The largest absolute Gasteiger partial charge is 0.392 e. The minimum Gasteiger partial charge on any atom is -0.392 e. The first-order valence-electron chi connectivity index (χ1n) is 7.36. The minimum atomic E-state index is -0.681. The van der Waals surface area contributed by atoms with Crippen LogP contribution in [0.2, 0.25) is 0 Å². The van der Waals surface area contributed by atoms with Gasteiger partial charge in [-0.3, -0.25) is 5.41 Å². The average molecular weight is 330 g/mol. The van der Waals surface area contributed by atoms with Crippen molar-refractivity contribution in [3.8, 4) is 23.3 Å². The molecule has 1 aliphatic rings. The lowest BCUT2D eigenvalue weighted by molar-refractivity contribution is 0.729. The fraction of sp³-hybridized carbons (Fsp3) is 0.105. The number of nitrogens with zero attached hydrogens (tertiary/aromatic N) is 2. The van der Waals surface area contributed by atoms with Crippen molar-refractivity contribution in [1.82, 2.24) is 0 Å². The Morgan fingerprint density at radius 2 is 1.58 bits per heavy atom. The smallest absolute Gasteiger partial charge is 0.106 e. The van der Waals surface area contributed by atoms with E-state index in [1.165, 1.54) is 0 Å². The van der Waals surface area contributed by atoms with Gasteiger partial charge < -0.3 is 5.73 Å². The van der Waals surface area contributed by atoms with Crippen molar-refractivity contribution in [1.29, 1.82) is 15.9 Å². The molecule has 3 rings (SSSR count). The van der Waals surface area contributed by atoms with E-state index in [1.54, 1.807) is 0 Å². The van der Waals surface area contributed by atoms with Gasteiger partial charge in [0.25, 0.3) is 0 Å². The third-order valence-electron chi connectivity index (χ3n) is 4.05. The Bertz CT molecular complexity index is 886. The Morgan fingerprint density at radius 3 is 2.17 bits per heavy atom. The molecule has 0 saturated heterocycles. The van der Waals surface area contributed by atoms with Gasteiger partial charge in [-0.1, -0.05) is 66.4 Å². The van der Waals surface area contributed by atoms with Crippen LogP contribution in [0, 0.1) is 34.0 Å². The van der Waals surface area contributed by atoms with Crippen molar-refractivity contribution in [3.63, 3.8) is 0 Å². The summed E-state index contributed by atoms with van der Waals surface area (Å²) in [6, 6.07) is 22.0. The van der Waals surface area contributed by atoms with Gasteiger partial charge in [0.2, 0.25) is 0 Å². The SMILES string of the molecule is N#CC1=C(N)SC(=N)[C@H](C#N)[C@@H]1c1ccc(-c2ccccc2)cc1. The molecule has 4 nitrogen and oxygen atoms in total. The lowest BCUT2D eigenvalue weighted by atomic mass is 9.81. The van der Waals surface area contributed by atoms with Gasteiger partial charge in [-0.05, 0) is 16.7 Å². The molecule has 0 amide bonds. The van der Waals surface area contributed by atoms with Gasteiger partial charge in [0, 0.05) is 5.92 Å². The number of nitriles is 2. The summed E-state index contributed by atoms with van der Waals surface area (Å²) in [7, 11) is 0. The van der Waals surface area contributed by atoms with Crippen LogP contribution in [-0.4, -0.2) is 5.04 Å². The first-order chi connectivity index (χ1) is 11.7. The van der Waals surface area contributed by atoms with Crippen molar-refractivity contribution in [2.24, 2.45) is 11.7 Å². The number of nitrogens with two attached hydrogens (primary N) is 1. The van der Waals surface area contributed by atoms with Crippen LogP contribution in [0.15, 0.2) is 65.2 Å². The third-order valence-corrected chi connectivity index (χ3v) is 4.96. The second-order valence-electron chi connectivity index (χ2n) is 5.43. The normalized spacial score (nSPS) is 20.3. The molecule has 0 fully saturated rings. The van der Waals surface area contributed by atoms with E-state index in [0.717, 1.165) is 28.5 Å². The Balaban J connectivity index is 2.03. The number of allylic oxidation sites excluding steroid dienone is 1. The molecule has 0 aromatic heterocycles. The van der Waals surface area contributed by atoms with Crippen LogP contribution in [-0.2, 0) is 0 Å². The maximum absolute atomic E-state index is 9.45. The average Bonchev–Trinajstić information content (AvgIpc) is 2.62. The van der Waals surface area contributed by atoms with E-state index in [-0.39, 0.29) is 5.04 Å². The molecule has 24 heavy (non-hydrogen) atoms. The fourth-order valence-corrected chi connectivity index (χ4v) is 3.67. The first-order valence-corrected chi connectivity index (χ1v) is 8.18. The van der Waals surface area contributed by atoms with Gasteiger partial charge in [-0.25, -0.2) is 0 Å². The van der Waals surface area contributed by atoms with Crippen LogP contribution >= 0.6 is 11.8 Å². The summed E-state index contributed by atoms with van der Waals surface area (Å²) in [6.45, 7) is 0. The maximum atomic E-state index is 9.45. The van der Waals surface area contributed by atoms with Crippen molar-refractivity contribution in [2.45, 2.75) is 5.92 Å². The maximum Gasteiger partial charge on any atom is 0.106 e. The topological polar surface area (TPSA) is 97.4 Å². The van der Waals surface area contributed by atoms with Crippen molar-refractivity contribution < 1.29 is 0 Å². The molecule has 5 heteroatoms. The molecule has 116 valence electrons. The van der Waals surface area contributed by atoms with E-state index in [0.29, 0.717) is 10.6 Å². The zero-order chi connectivity index (χ0) is 17.1. The van der Waals surface area contributed by atoms with Crippen LogP contribution in [0.3, 0.4) is 0 Å². The van der Waals surface area contributed by atoms with Gasteiger partial charge in [0.05, 0.1) is 27.8 Å². The van der Waals surface area contributed by atoms with Crippen LogP contribution in [0.25, 0.3) is 11.1 Å². The Labute approximate surface area is 144 Å². The predicted molar refractivity (Wildman–Crippen MR) is 95.9 cm³/mol. The first kappa shape index (κ1) is 15.9. The molecule has 3 N–H and O–H groups in total. The van der Waals surface area contributed by atoms with Crippen LogP contribution < -0.4 is 5.73 Å². The number of benzene rings is 2. The van der Waals surface area contributed by atoms with Gasteiger partial charge in [-0.15, -0.1) is 0 Å². The molecule has 0 spiro atoms. The highest BCUT2D eigenvalue weighted by atomic mass is 32.2. The lowest BCUT2D eigenvalue weighted by Gasteiger charge is -2.27. The third kappa shape index (κ3) is 2.78. The second-order valence-corrected chi connectivity index (χ2v) is 6.51. The molecule has 1 aliphatic heterocycles. The molecule has 2 aromatic carbocycles.